The highest BCUT2D eigenvalue weighted by Crippen LogP contribution is 2.24. The van der Waals surface area contributed by atoms with E-state index < -0.39 is 10.0 Å². The van der Waals surface area contributed by atoms with Gasteiger partial charge in [-0.1, -0.05) is 13.0 Å². The average molecular weight is 387 g/mol. The number of aryl methyl sites for hydroxylation is 2. The molecule has 144 valence electrons. The molecular weight excluding hydrogens is 360 g/mol. The molecule has 0 radical (unpaired) electrons. The molecule has 5 nitrogen and oxygen atoms in total. The molecule has 2 aromatic rings. The van der Waals surface area contributed by atoms with Crippen molar-refractivity contribution in [3.05, 3.63) is 59.2 Å². The van der Waals surface area contributed by atoms with Crippen LogP contribution in [0.2, 0.25) is 0 Å². The molecule has 2 aromatic carbocycles. The predicted octanol–water partition coefficient (Wildman–Crippen LogP) is 3.98. The Balaban J connectivity index is 1.71. The number of amides is 1. The quantitative estimate of drug-likeness (QED) is 0.864. The molecule has 0 atom stereocenters. The van der Waals surface area contributed by atoms with Gasteiger partial charge in [-0.05, 0) is 80.1 Å². The summed E-state index contributed by atoms with van der Waals surface area (Å²) in [7, 11) is -3.47. The molecule has 0 aromatic heterocycles. The maximum absolute atomic E-state index is 12.8. The summed E-state index contributed by atoms with van der Waals surface area (Å²) in [6.45, 7) is 7.24. The van der Waals surface area contributed by atoms with E-state index in [1.165, 1.54) is 0 Å². The summed E-state index contributed by atoms with van der Waals surface area (Å²) in [4.78, 5) is 12.7. The maximum Gasteiger partial charge on any atom is 0.255 e. The Hall–Kier alpha value is -2.18. The van der Waals surface area contributed by atoms with Crippen LogP contribution < -0.4 is 5.32 Å². The van der Waals surface area contributed by atoms with Gasteiger partial charge in [0.1, 0.15) is 0 Å². The number of rotatable bonds is 4. The van der Waals surface area contributed by atoms with Crippen LogP contribution in [-0.2, 0) is 10.0 Å². The Morgan fingerprint density at radius 2 is 1.63 bits per heavy atom. The summed E-state index contributed by atoms with van der Waals surface area (Å²) >= 11 is 0. The summed E-state index contributed by atoms with van der Waals surface area (Å²) in [6, 6.07) is 11.9. The molecule has 1 fully saturated rings. The van der Waals surface area contributed by atoms with Crippen molar-refractivity contribution in [2.45, 2.75) is 38.5 Å². The zero-order valence-electron chi connectivity index (χ0n) is 16.0. The lowest BCUT2D eigenvalue weighted by atomic mass is 10.0. The number of sulfonamides is 1. The number of hydrogen-bond donors (Lipinski definition) is 1. The van der Waals surface area contributed by atoms with E-state index >= 15 is 0 Å². The maximum atomic E-state index is 12.8. The third-order valence-corrected chi connectivity index (χ3v) is 7.17. The van der Waals surface area contributed by atoms with Crippen LogP contribution in [0.15, 0.2) is 47.4 Å². The minimum atomic E-state index is -3.47. The number of nitrogens with zero attached hydrogens (tertiary/aromatic N) is 1. The smallest absolute Gasteiger partial charge is 0.255 e. The van der Waals surface area contributed by atoms with Gasteiger partial charge in [0.05, 0.1) is 4.90 Å². The lowest BCUT2D eigenvalue weighted by Crippen LogP contribution is -2.37. The molecule has 1 amide bonds. The Kier molecular flexibility index (Phi) is 5.67. The van der Waals surface area contributed by atoms with E-state index in [2.05, 4.69) is 12.2 Å². The molecule has 1 N–H and O–H groups in total. The van der Waals surface area contributed by atoms with Gasteiger partial charge in [0.15, 0.2) is 0 Å². The van der Waals surface area contributed by atoms with Gasteiger partial charge >= 0.3 is 0 Å². The van der Waals surface area contributed by atoms with Crippen LogP contribution in [0.4, 0.5) is 5.69 Å². The first-order valence-corrected chi connectivity index (χ1v) is 10.7. The molecule has 3 rings (SSSR count). The number of carbonyl (C=O) groups excluding carboxylic acids is 1. The minimum absolute atomic E-state index is 0.210. The van der Waals surface area contributed by atoms with Crippen molar-refractivity contribution in [1.29, 1.82) is 0 Å². The molecule has 0 spiro atoms. The highest BCUT2D eigenvalue weighted by atomic mass is 32.2. The molecule has 27 heavy (non-hydrogen) atoms. The van der Waals surface area contributed by atoms with E-state index in [0.29, 0.717) is 30.3 Å². The summed E-state index contributed by atoms with van der Waals surface area (Å²) in [5, 5.41) is 2.82. The Labute approximate surface area is 161 Å². The van der Waals surface area contributed by atoms with Crippen LogP contribution in [-0.4, -0.2) is 31.7 Å². The standard InChI is InChI=1S/C21H26N2O3S/c1-15-10-12-23(13-11-15)27(25,26)20-8-6-19(7-9-20)22-21(24)18-5-4-16(2)17(3)14-18/h4-9,14-15H,10-13H2,1-3H3,(H,22,24). The molecule has 0 bridgehead atoms. The summed E-state index contributed by atoms with van der Waals surface area (Å²) < 4.78 is 27.1. The highest BCUT2D eigenvalue weighted by molar-refractivity contribution is 7.89. The SMILES string of the molecule is Cc1ccc(C(=O)Nc2ccc(S(=O)(=O)N3CCC(C)CC3)cc2)cc1C. The summed E-state index contributed by atoms with van der Waals surface area (Å²) in [5.74, 6) is 0.359. The van der Waals surface area contributed by atoms with E-state index in [-0.39, 0.29) is 10.8 Å². The largest absolute Gasteiger partial charge is 0.322 e. The summed E-state index contributed by atoms with van der Waals surface area (Å²) in [6.07, 6.45) is 1.78. The number of nitrogens with one attached hydrogen (secondary N) is 1. The van der Waals surface area contributed by atoms with Crippen molar-refractivity contribution in [1.82, 2.24) is 4.31 Å². The number of carbonyl (C=O) groups is 1. The number of hydrogen-bond acceptors (Lipinski definition) is 3. The fourth-order valence-corrected chi connectivity index (χ4v) is 4.64. The third kappa shape index (κ3) is 4.39. The molecular formula is C21H26N2O3S. The Morgan fingerprint density at radius 3 is 2.22 bits per heavy atom. The number of benzene rings is 2. The molecule has 0 aliphatic carbocycles. The lowest BCUT2D eigenvalue weighted by Gasteiger charge is -2.29. The van der Waals surface area contributed by atoms with E-state index in [0.717, 1.165) is 24.0 Å². The number of piperidine rings is 1. The van der Waals surface area contributed by atoms with Crippen molar-refractivity contribution in [2.75, 3.05) is 18.4 Å². The predicted molar refractivity (Wildman–Crippen MR) is 107 cm³/mol. The van der Waals surface area contributed by atoms with Gasteiger partial charge in [-0.2, -0.15) is 4.31 Å². The third-order valence-electron chi connectivity index (χ3n) is 5.26. The first-order chi connectivity index (χ1) is 12.8. The molecule has 0 saturated carbocycles. The fraction of sp³-hybridized carbons (Fsp3) is 0.381. The second-order valence-corrected chi connectivity index (χ2v) is 9.30. The highest BCUT2D eigenvalue weighted by Gasteiger charge is 2.27. The number of anilines is 1. The van der Waals surface area contributed by atoms with Crippen molar-refractivity contribution in [2.24, 2.45) is 5.92 Å². The van der Waals surface area contributed by atoms with Crippen LogP contribution in [0.1, 0.15) is 41.3 Å². The van der Waals surface area contributed by atoms with E-state index in [4.69, 9.17) is 0 Å². The van der Waals surface area contributed by atoms with Gasteiger partial charge in [0.2, 0.25) is 10.0 Å². The first kappa shape index (κ1) is 19.6. The van der Waals surface area contributed by atoms with E-state index in [1.54, 1.807) is 34.6 Å². The zero-order valence-corrected chi connectivity index (χ0v) is 16.8. The molecule has 0 unspecified atom stereocenters. The van der Waals surface area contributed by atoms with Gasteiger partial charge in [-0.25, -0.2) is 8.42 Å². The normalized spacial score (nSPS) is 16.3. The van der Waals surface area contributed by atoms with Crippen LogP contribution in [0.5, 0.6) is 0 Å². The van der Waals surface area contributed by atoms with Gasteiger partial charge < -0.3 is 5.32 Å². The molecule has 1 aliphatic heterocycles. The average Bonchev–Trinajstić information content (AvgIpc) is 2.64. The topological polar surface area (TPSA) is 66.5 Å². The lowest BCUT2D eigenvalue weighted by molar-refractivity contribution is 0.102. The second kappa shape index (κ2) is 7.82. The monoisotopic (exact) mass is 386 g/mol. The van der Waals surface area contributed by atoms with Crippen LogP contribution in [0.3, 0.4) is 0 Å². The van der Waals surface area contributed by atoms with E-state index in [1.807, 2.05) is 26.0 Å². The minimum Gasteiger partial charge on any atom is -0.322 e. The van der Waals surface area contributed by atoms with Crippen molar-refractivity contribution in [3.8, 4) is 0 Å². The first-order valence-electron chi connectivity index (χ1n) is 9.26. The molecule has 1 heterocycles. The molecule has 1 aliphatic rings. The van der Waals surface area contributed by atoms with Gasteiger partial charge in [0.25, 0.3) is 5.91 Å². The van der Waals surface area contributed by atoms with Crippen LogP contribution >= 0.6 is 0 Å². The Bertz CT molecular complexity index is 928. The van der Waals surface area contributed by atoms with Crippen molar-refractivity contribution in [3.63, 3.8) is 0 Å². The van der Waals surface area contributed by atoms with Gasteiger partial charge in [-0.15, -0.1) is 0 Å². The van der Waals surface area contributed by atoms with Crippen LogP contribution in [0.25, 0.3) is 0 Å². The zero-order chi connectivity index (χ0) is 19.6. The second-order valence-electron chi connectivity index (χ2n) is 7.36. The van der Waals surface area contributed by atoms with Gasteiger partial charge in [-0.3, -0.25) is 4.79 Å². The van der Waals surface area contributed by atoms with Crippen molar-refractivity contribution < 1.29 is 13.2 Å². The fourth-order valence-electron chi connectivity index (χ4n) is 3.17. The van der Waals surface area contributed by atoms with Gasteiger partial charge in [0, 0.05) is 24.3 Å². The molecule has 1 saturated heterocycles. The Morgan fingerprint density at radius 1 is 1.00 bits per heavy atom. The van der Waals surface area contributed by atoms with Crippen LogP contribution in [0, 0.1) is 19.8 Å². The van der Waals surface area contributed by atoms with Crippen molar-refractivity contribution >= 4 is 21.6 Å². The molecule has 6 heteroatoms. The summed E-state index contributed by atoms with van der Waals surface area (Å²) in [5.41, 5.74) is 3.34. The van der Waals surface area contributed by atoms with E-state index in [9.17, 15) is 13.2 Å².